The summed E-state index contributed by atoms with van der Waals surface area (Å²) in [6.07, 6.45) is 0. The fourth-order valence-corrected chi connectivity index (χ4v) is 4.55. The molecule has 1 N–H and O–H groups in total. The number of carbonyl (C=O) groups excluding carboxylic acids is 1. The van der Waals surface area contributed by atoms with Crippen molar-refractivity contribution in [1.29, 1.82) is 0 Å². The summed E-state index contributed by atoms with van der Waals surface area (Å²) < 4.78 is 37.9. The molecule has 0 aromatic heterocycles. The molecule has 7 nitrogen and oxygen atoms in total. The maximum Gasteiger partial charge on any atom is 0.264 e. The van der Waals surface area contributed by atoms with Crippen LogP contribution in [-0.4, -0.2) is 35.1 Å². The molecular weight excluding hydrogens is 416 g/mol. The summed E-state index contributed by atoms with van der Waals surface area (Å²) in [6, 6.07) is 19.7. The number of anilines is 2. The number of amides is 1. The fraction of sp³-hybridized carbons (Fsp3) is 0.174. The first-order valence-electron chi connectivity index (χ1n) is 9.61. The van der Waals surface area contributed by atoms with Crippen LogP contribution in [0.3, 0.4) is 0 Å². The van der Waals surface area contributed by atoms with Crippen LogP contribution in [0.25, 0.3) is 0 Å². The van der Waals surface area contributed by atoms with Gasteiger partial charge in [-0.05, 0) is 43.3 Å². The van der Waals surface area contributed by atoms with Crippen LogP contribution in [0.2, 0.25) is 0 Å². The molecule has 3 rings (SSSR count). The van der Waals surface area contributed by atoms with Crippen LogP contribution >= 0.6 is 0 Å². The number of nitrogens with one attached hydrogen (secondary N) is 1. The van der Waals surface area contributed by atoms with Gasteiger partial charge in [0.15, 0.2) is 0 Å². The van der Waals surface area contributed by atoms with Gasteiger partial charge in [0.05, 0.1) is 24.8 Å². The van der Waals surface area contributed by atoms with Crippen LogP contribution in [0.4, 0.5) is 11.4 Å². The zero-order chi connectivity index (χ0) is 22.4. The van der Waals surface area contributed by atoms with Crippen molar-refractivity contribution in [2.45, 2.75) is 11.8 Å². The highest BCUT2D eigenvalue weighted by molar-refractivity contribution is 7.92. The zero-order valence-electron chi connectivity index (χ0n) is 17.5. The summed E-state index contributed by atoms with van der Waals surface area (Å²) in [4.78, 5) is 12.7. The molecule has 0 heterocycles. The Kier molecular flexibility index (Phi) is 6.81. The van der Waals surface area contributed by atoms with Crippen molar-refractivity contribution in [2.75, 3.05) is 30.4 Å². The number of nitrogens with zero attached hydrogens (tertiary/aromatic N) is 1. The Morgan fingerprint density at radius 3 is 2.00 bits per heavy atom. The van der Waals surface area contributed by atoms with Gasteiger partial charge >= 0.3 is 0 Å². The number of para-hydroxylation sites is 1. The normalized spacial score (nSPS) is 10.9. The molecule has 0 aliphatic rings. The van der Waals surface area contributed by atoms with Gasteiger partial charge in [-0.15, -0.1) is 0 Å². The molecule has 3 aromatic rings. The molecule has 0 aliphatic heterocycles. The molecule has 0 saturated carbocycles. The number of hydrogen-bond donors (Lipinski definition) is 1. The number of benzene rings is 3. The molecule has 0 saturated heterocycles. The molecule has 0 atom stereocenters. The van der Waals surface area contributed by atoms with Gasteiger partial charge in [0, 0.05) is 36.0 Å². The molecule has 0 unspecified atom stereocenters. The average molecular weight is 441 g/mol. The van der Waals surface area contributed by atoms with Crippen molar-refractivity contribution in [3.05, 3.63) is 78.4 Å². The van der Waals surface area contributed by atoms with Gasteiger partial charge in [0.2, 0.25) is 0 Å². The van der Waals surface area contributed by atoms with Crippen molar-refractivity contribution in [3.8, 4) is 11.5 Å². The van der Waals surface area contributed by atoms with Crippen molar-refractivity contribution in [2.24, 2.45) is 0 Å². The van der Waals surface area contributed by atoms with Gasteiger partial charge in [-0.25, -0.2) is 8.42 Å². The molecule has 3 aromatic carbocycles. The highest BCUT2D eigenvalue weighted by Crippen LogP contribution is 2.27. The molecule has 0 bridgehead atoms. The largest absolute Gasteiger partial charge is 0.497 e. The second-order valence-corrected chi connectivity index (χ2v) is 8.45. The van der Waals surface area contributed by atoms with Crippen LogP contribution in [0.5, 0.6) is 11.5 Å². The number of methoxy groups -OCH3 is 2. The quantitative estimate of drug-likeness (QED) is 0.568. The summed E-state index contributed by atoms with van der Waals surface area (Å²) in [6.45, 7) is 2.06. The van der Waals surface area contributed by atoms with E-state index >= 15 is 0 Å². The van der Waals surface area contributed by atoms with Crippen molar-refractivity contribution < 1.29 is 22.7 Å². The molecule has 31 heavy (non-hydrogen) atoms. The molecule has 0 radical (unpaired) electrons. The van der Waals surface area contributed by atoms with Gasteiger partial charge < -0.3 is 14.8 Å². The first-order chi connectivity index (χ1) is 14.9. The van der Waals surface area contributed by atoms with E-state index in [9.17, 15) is 13.2 Å². The molecule has 162 valence electrons. The maximum absolute atomic E-state index is 13.1. The van der Waals surface area contributed by atoms with E-state index in [0.717, 1.165) is 0 Å². The predicted octanol–water partition coefficient (Wildman–Crippen LogP) is 4.17. The average Bonchev–Trinajstić information content (AvgIpc) is 2.79. The van der Waals surface area contributed by atoms with Crippen LogP contribution in [-0.2, 0) is 10.0 Å². The summed E-state index contributed by atoms with van der Waals surface area (Å²) in [7, 11) is -0.710. The van der Waals surface area contributed by atoms with Crippen LogP contribution in [0.15, 0.2) is 77.7 Å². The summed E-state index contributed by atoms with van der Waals surface area (Å²) in [5, 5.41) is 2.77. The Morgan fingerprint density at radius 1 is 0.903 bits per heavy atom. The lowest BCUT2D eigenvalue weighted by molar-refractivity contribution is 0.102. The van der Waals surface area contributed by atoms with Crippen molar-refractivity contribution in [1.82, 2.24) is 0 Å². The first kappa shape index (κ1) is 22.2. The first-order valence-corrected chi connectivity index (χ1v) is 11.1. The minimum Gasteiger partial charge on any atom is -0.497 e. The summed E-state index contributed by atoms with van der Waals surface area (Å²) in [5.41, 5.74) is 1.40. The Labute approximate surface area is 182 Å². The topological polar surface area (TPSA) is 84.9 Å². The minimum atomic E-state index is -3.75. The third-order valence-electron chi connectivity index (χ3n) is 4.65. The third kappa shape index (κ3) is 4.97. The molecular formula is C23H24N2O5S. The van der Waals surface area contributed by atoms with E-state index in [1.54, 1.807) is 49.4 Å². The Balaban J connectivity index is 1.82. The molecule has 0 aliphatic carbocycles. The minimum absolute atomic E-state index is 0.109. The highest BCUT2D eigenvalue weighted by Gasteiger charge is 2.23. The summed E-state index contributed by atoms with van der Waals surface area (Å²) in [5.74, 6) is 0.697. The fourth-order valence-electron chi connectivity index (χ4n) is 3.07. The summed E-state index contributed by atoms with van der Waals surface area (Å²) >= 11 is 0. The molecule has 0 spiro atoms. The highest BCUT2D eigenvalue weighted by atomic mass is 32.2. The van der Waals surface area contributed by atoms with Gasteiger partial charge in [-0.2, -0.15) is 0 Å². The Hall–Kier alpha value is -3.52. The predicted molar refractivity (Wildman–Crippen MR) is 121 cm³/mol. The third-order valence-corrected chi connectivity index (χ3v) is 6.56. The van der Waals surface area contributed by atoms with Crippen LogP contribution < -0.4 is 19.1 Å². The molecule has 8 heteroatoms. The lowest BCUT2D eigenvalue weighted by Gasteiger charge is -2.23. The van der Waals surface area contributed by atoms with Gasteiger partial charge in [-0.1, -0.05) is 18.2 Å². The Morgan fingerprint density at radius 2 is 1.48 bits per heavy atom. The Bertz CT molecular complexity index is 1120. The standard InChI is InChI=1S/C23H24N2O5S/c1-4-25(19-8-6-5-7-9-19)31(27,28)22-12-10-17(11-13-22)23(26)24-18-14-20(29-2)16-21(15-18)30-3/h5-16H,4H2,1-3H3,(H,24,26). The molecule has 1 amide bonds. The lowest BCUT2D eigenvalue weighted by Crippen LogP contribution is -2.30. The van der Waals surface area contributed by atoms with Gasteiger partial charge in [0.25, 0.3) is 15.9 Å². The van der Waals surface area contributed by atoms with E-state index in [4.69, 9.17) is 9.47 Å². The molecule has 0 fully saturated rings. The zero-order valence-corrected chi connectivity index (χ0v) is 18.3. The second kappa shape index (κ2) is 9.53. The van der Waals surface area contributed by atoms with E-state index < -0.39 is 10.0 Å². The smallest absolute Gasteiger partial charge is 0.264 e. The van der Waals surface area contributed by atoms with Crippen LogP contribution in [0, 0.1) is 0 Å². The van der Waals surface area contributed by atoms with E-state index in [2.05, 4.69) is 5.32 Å². The van der Waals surface area contributed by atoms with E-state index in [1.165, 1.54) is 42.8 Å². The second-order valence-electron chi connectivity index (χ2n) is 6.59. The number of sulfonamides is 1. The van der Waals surface area contributed by atoms with Gasteiger partial charge in [-0.3, -0.25) is 9.10 Å². The van der Waals surface area contributed by atoms with Crippen molar-refractivity contribution >= 4 is 27.3 Å². The lowest BCUT2D eigenvalue weighted by atomic mass is 10.2. The number of hydrogen-bond acceptors (Lipinski definition) is 5. The van der Waals surface area contributed by atoms with E-state index in [-0.39, 0.29) is 17.3 Å². The van der Waals surface area contributed by atoms with Gasteiger partial charge in [0.1, 0.15) is 11.5 Å². The maximum atomic E-state index is 13.1. The monoisotopic (exact) mass is 440 g/mol. The van der Waals surface area contributed by atoms with Crippen molar-refractivity contribution in [3.63, 3.8) is 0 Å². The van der Waals surface area contributed by atoms with E-state index in [0.29, 0.717) is 28.4 Å². The SMILES string of the molecule is CCN(c1ccccc1)S(=O)(=O)c1ccc(C(=O)Nc2cc(OC)cc(OC)c2)cc1. The number of rotatable bonds is 8. The van der Waals surface area contributed by atoms with Crippen LogP contribution in [0.1, 0.15) is 17.3 Å². The number of carbonyl (C=O) groups is 1. The van der Waals surface area contributed by atoms with E-state index in [1.807, 2.05) is 6.07 Å². The number of ether oxygens (including phenoxy) is 2.